The van der Waals surface area contributed by atoms with Gasteiger partial charge in [-0.3, -0.25) is 4.79 Å². The van der Waals surface area contributed by atoms with E-state index < -0.39 is 18.0 Å². The molecular formula is C14H17NO4. The van der Waals surface area contributed by atoms with Crippen LogP contribution in [0.1, 0.15) is 17.5 Å². The summed E-state index contributed by atoms with van der Waals surface area (Å²) in [4.78, 5) is 24.0. The standard InChI is InChI=1S/C14H17NO4/c1-10-2-4-11(5-3-10)9-19-14(18)15-7-6-12(8-15)13(16)17/h2-5,12H,6-9H2,1H3,(H,16,17). The number of carbonyl (C=O) groups is 2. The summed E-state index contributed by atoms with van der Waals surface area (Å²) in [5.74, 6) is -1.32. The van der Waals surface area contributed by atoms with Gasteiger partial charge in [0.15, 0.2) is 0 Å². The predicted octanol–water partition coefficient (Wildman–Crippen LogP) is 2.04. The van der Waals surface area contributed by atoms with Gasteiger partial charge in [-0.05, 0) is 18.9 Å². The molecule has 2 rings (SSSR count). The van der Waals surface area contributed by atoms with Gasteiger partial charge in [-0.15, -0.1) is 0 Å². The van der Waals surface area contributed by atoms with Crippen LogP contribution in [0.3, 0.4) is 0 Å². The molecule has 0 spiro atoms. The van der Waals surface area contributed by atoms with E-state index in [1.165, 1.54) is 4.90 Å². The molecule has 102 valence electrons. The van der Waals surface area contributed by atoms with Crippen molar-refractivity contribution in [3.05, 3.63) is 35.4 Å². The van der Waals surface area contributed by atoms with Crippen molar-refractivity contribution in [2.75, 3.05) is 13.1 Å². The van der Waals surface area contributed by atoms with Crippen molar-refractivity contribution in [2.24, 2.45) is 5.92 Å². The summed E-state index contributed by atoms with van der Waals surface area (Å²) in [5, 5.41) is 8.87. The zero-order valence-electron chi connectivity index (χ0n) is 10.8. The van der Waals surface area contributed by atoms with Gasteiger partial charge >= 0.3 is 12.1 Å². The number of amides is 1. The van der Waals surface area contributed by atoms with Gasteiger partial charge in [0.1, 0.15) is 6.61 Å². The molecule has 1 aliphatic heterocycles. The van der Waals surface area contributed by atoms with Crippen molar-refractivity contribution in [2.45, 2.75) is 20.0 Å². The van der Waals surface area contributed by atoms with Crippen LogP contribution in [0, 0.1) is 12.8 Å². The number of nitrogens with zero attached hydrogens (tertiary/aromatic N) is 1. The van der Waals surface area contributed by atoms with Crippen LogP contribution < -0.4 is 0 Å². The summed E-state index contributed by atoms with van der Waals surface area (Å²) in [6, 6.07) is 7.73. The smallest absolute Gasteiger partial charge is 0.410 e. The normalized spacial score (nSPS) is 18.4. The lowest BCUT2D eigenvalue weighted by Crippen LogP contribution is -2.30. The monoisotopic (exact) mass is 263 g/mol. The Morgan fingerprint density at radius 1 is 1.37 bits per heavy atom. The van der Waals surface area contributed by atoms with Crippen molar-refractivity contribution < 1.29 is 19.4 Å². The number of carbonyl (C=O) groups excluding carboxylic acids is 1. The molecule has 1 aromatic rings. The Hall–Kier alpha value is -2.04. The minimum Gasteiger partial charge on any atom is -0.481 e. The van der Waals surface area contributed by atoms with E-state index in [0.29, 0.717) is 13.0 Å². The molecule has 0 radical (unpaired) electrons. The number of aliphatic carboxylic acids is 1. The van der Waals surface area contributed by atoms with Crippen LogP contribution in [0.15, 0.2) is 24.3 Å². The van der Waals surface area contributed by atoms with Gasteiger partial charge in [-0.2, -0.15) is 0 Å². The minimum atomic E-state index is -0.853. The van der Waals surface area contributed by atoms with Crippen LogP contribution in [0.5, 0.6) is 0 Å². The second-order valence-electron chi connectivity index (χ2n) is 4.81. The lowest BCUT2D eigenvalue weighted by Gasteiger charge is -2.15. The molecule has 1 amide bonds. The highest BCUT2D eigenvalue weighted by molar-refractivity contribution is 5.74. The fraction of sp³-hybridized carbons (Fsp3) is 0.429. The number of ether oxygens (including phenoxy) is 1. The van der Waals surface area contributed by atoms with E-state index in [1.807, 2.05) is 31.2 Å². The van der Waals surface area contributed by atoms with E-state index >= 15 is 0 Å². The molecule has 1 atom stereocenters. The highest BCUT2D eigenvalue weighted by Crippen LogP contribution is 2.17. The Kier molecular flexibility index (Phi) is 4.04. The molecule has 5 nitrogen and oxygen atoms in total. The number of likely N-dealkylation sites (tertiary alicyclic amines) is 1. The molecule has 19 heavy (non-hydrogen) atoms. The van der Waals surface area contributed by atoms with Crippen LogP contribution >= 0.6 is 0 Å². The van der Waals surface area contributed by atoms with E-state index in [-0.39, 0.29) is 13.2 Å². The molecule has 0 saturated carbocycles. The van der Waals surface area contributed by atoms with E-state index in [1.54, 1.807) is 0 Å². The van der Waals surface area contributed by atoms with E-state index in [0.717, 1.165) is 11.1 Å². The summed E-state index contributed by atoms with van der Waals surface area (Å²) >= 11 is 0. The third-order valence-corrected chi connectivity index (χ3v) is 3.28. The van der Waals surface area contributed by atoms with Gasteiger partial charge in [-0.1, -0.05) is 29.8 Å². The van der Waals surface area contributed by atoms with Crippen LogP contribution in [0.25, 0.3) is 0 Å². The topological polar surface area (TPSA) is 66.8 Å². The summed E-state index contributed by atoms with van der Waals surface area (Å²) in [7, 11) is 0. The molecule has 1 aliphatic rings. The zero-order chi connectivity index (χ0) is 13.8. The first-order valence-corrected chi connectivity index (χ1v) is 6.26. The molecule has 5 heteroatoms. The number of hydrogen-bond acceptors (Lipinski definition) is 3. The minimum absolute atomic E-state index is 0.216. The quantitative estimate of drug-likeness (QED) is 0.906. The molecule has 1 unspecified atom stereocenters. The molecule has 0 aliphatic carbocycles. The van der Waals surface area contributed by atoms with Crippen LogP contribution in [0.2, 0.25) is 0 Å². The first kappa shape index (κ1) is 13.4. The molecule has 1 saturated heterocycles. The van der Waals surface area contributed by atoms with Gasteiger partial charge in [0, 0.05) is 13.1 Å². The second kappa shape index (κ2) is 5.73. The number of carboxylic acid groups (broad SMARTS) is 1. The molecule has 0 aromatic heterocycles. The average molecular weight is 263 g/mol. The maximum atomic E-state index is 11.8. The van der Waals surface area contributed by atoms with Gasteiger partial charge < -0.3 is 14.7 Å². The molecule has 1 heterocycles. The average Bonchev–Trinajstić information content (AvgIpc) is 2.87. The molecule has 0 bridgehead atoms. The lowest BCUT2D eigenvalue weighted by molar-refractivity contribution is -0.141. The van der Waals surface area contributed by atoms with Gasteiger partial charge in [0.2, 0.25) is 0 Å². The second-order valence-corrected chi connectivity index (χ2v) is 4.81. The SMILES string of the molecule is Cc1ccc(COC(=O)N2CCC(C(=O)O)C2)cc1. The van der Waals surface area contributed by atoms with Crippen molar-refractivity contribution in [1.82, 2.24) is 4.90 Å². The Morgan fingerprint density at radius 3 is 2.63 bits per heavy atom. The Morgan fingerprint density at radius 2 is 2.05 bits per heavy atom. The van der Waals surface area contributed by atoms with Gasteiger partial charge in [0.05, 0.1) is 5.92 Å². The lowest BCUT2D eigenvalue weighted by atomic mass is 10.1. The summed E-state index contributed by atoms with van der Waals surface area (Å²) in [6.45, 7) is 2.89. The highest BCUT2D eigenvalue weighted by Gasteiger charge is 2.31. The van der Waals surface area contributed by atoms with E-state index in [4.69, 9.17) is 9.84 Å². The molecule has 1 fully saturated rings. The zero-order valence-corrected chi connectivity index (χ0v) is 10.8. The maximum Gasteiger partial charge on any atom is 0.410 e. The van der Waals surface area contributed by atoms with Crippen LogP contribution in [-0.4, -0.2) is 35.2 Å². The maximum absolute atomic E-state index is 11.8. The third kappa shape index (κ3) is 3.47. The number of carboxylic acids is 1. The Labute approximate surface area is 111 Å². The summed E-state index contributed by atoms with van der Waals surface area (Å²) in [5.41, 5.74) is 2.08. The van der Waals surface area contributed by atoms with Crippen molar-refractivity contribution in [1.29, 1.82) is 0 Å². The van der Waals surface area contributed by atoms with Crippen molar-refractivity contribution >= 4 is 12.1 Å². The highest BCUT2D eigenvalue weighted by atomic mass is 16.6. The fourth-order valence-corrected chi connectivity index (χ4v) is 2.05. The first-order chi connectivity index (χ1) is 9.06. The predicted molar refractivity (Wildman–Crippen MR) is 68.7 cm³/mol. The summed E-state index contributed by atoms with van der Waals surface area (Å²) in [6.07, 6.45) is 0.0546. The first-order valence-electron chi connectivity index (χ1n) is 6.26. The van der Waals surface area contributed by atoms with Crippen molar-refractivity contribution in [3.8, 4) is 0 Å². The number of benzene rings is 1. The van der Waals surface area contributed by atoms with Gasteiger partial charge in [-0.25, -0.2) is 4.79 Å². The molecular weight excluding hydrogens is 246 g/mol. The van der Waals surface area contributed by atoms with Gasteiger partial charge in [0.25, 0.3) is 0 Å². The van der Waals surface area contributed by atoms with E-state index in [9.17, 15) is 9.59 Å². The number of hydrogen-bond donors (Lipinski definition) is 1. The third-order valence-electron chi connectivity index (χ3n) is 3.28. The Balaban J connectivity index is 1.82. The van der Waals surface area contributed by atoms with E-state index in [2.05, 4.69) is 0 Å². The number of aryl methyl sites for hydroxylation is 1. The Bertz CT molecular complexity index is 469. The van der Waals surface area contributed by atoms with Crippen LogP contribution in [0.4, 0.5) is 4.79 Å². The van der Waals surface area contributed by atoms with Crippen LogP contribution in [-0.2, 0) is 16.1 Å². The molecule has 1 N–H and O–H groups in total. The fourth-order valence-electron chi connectivity index (χ4n) is 2.05. The molecule has 1 aromatic carbocycles. The summed E-state index contributed by atoms with van der Waals surface area (Å²) < 4.78 is 5.17. The largest absolute Gasteiger partial charge is 0.481 e. The number of rotatable bonds is 3. The van der Waals surface area contributed by atoms with Crippen molar-refractivity contribution in [3.63, 3.8) is 0 Å².